The highest BCUT2D eigenvalue weighted by molar-refractivity contribution is 6.83. The molecule has 13 aromatic rings. The number of methoxy groups -OCH3 is 5. The number of hydrogen-bond acceptors (Lipinski definition) is 18. The van der Waals surface area contributed by atoms with Crippen molar-refractivity contribution >= 4 is 115 Å². The van der Waals surface area contributed by atoms with E-state index in [1.165, 1.54) is 25.7 Å². The maximum atomic E-state index is 8.08. The number of nitrogens with two attached hydrogens (primary N) is 3. The number of terminal acetylenes is 2. The Morgan fingerprint density at radius 3 is 1.60 bits per heavy atom. The Labute approximate surface area is 599 Å². The number of ether oxygens (including phenoxy) is 5. The van der Waals surface area contributed by atoms with E-state index in [2.05, 4.69) is 86.6 Å². The largest absolute Gasteiger partial charge is 0.870 e. The van der Waals surface area contributed by atoms with Crippen molar-refractivity contribution < 1.29 is 34.1 Å². The molecule has 0 radical (unpaired) electrons. The fourth-order valence-corrected chi connectivity index (χ4v) is 10.6. The molecule has 8 N–H and O–H groups in total. The van der Waals surface area contributed by atoms with Gasteiger partial charge in [0.25, 0.3) is 5.52 Å². The van der Waals surface area contributed by atoms with Crippen molar-refractivity contribution in [2.45, 2.75) is 70.5 Å². The molecular formula is C73H75Cl3N18O6Si. The molecule has 2 fully saturated rings. The molecule has 0 saturated heterocycles. The molecule has 5 aromatic carbocycles. The normalized spacial score (nSPS) is 11.8. The minimum absolute atomic E-state index is 0. The zero-order valence-corrected chi connectivity index (χ0v) is 60.0. The third kappa shape index (κ3) is 19.9. The van der Waals surface area contributed by atoms with Gasteiger partial charge in [0.2, 0.25) is 0 Å². The number of aromatic nitrogens is 12. The molecular weight excluding hydrogens is 1360 g/mol. The number of nitrogen functional groups attached to an aromatic ring is 3. The zero-order chi connectivity index (χ0) is 71.5. The number of hydrogen-bond donors (Lipinski definition) is 3. The van der Waals surface area contributed by atoms with Crippen molar-refractivity contribution in [3.63, 3.8) is 0 Å². The van der Waals surface area contributed by atoms with Crippen LogP contribution < -0.4 is 45.9 Å². The number of nitrogens with one attached hydrogen (secondary N) is 1. The topological polar surface area (TPSA) is 335 Å². The first-order valence-electron chi connectivity index (χ1n) is 31.3. The minimum atomic E-state index is -1.10. The predicted octanol–water partition coefficient (Wildman–Crippen LogP) is 15.5. The fourth-order valence-electron chi connectivity index (χ4n) is 9.90. The van der Waals surface area contributed by atoms with Crippen LogP contribution in [0.3, 0.4) is 0 Å². The number of rotatable bonds is 12. The Balaban J connectivity index is 0.000000155. The fraction of sp³-hybridized carbons (Fsp3) is 0.219. The highest BCUT2D eigenvalue weighted by Gasteiger charge is 2.25. The number of nitrogens with zero attached hydrogens (tertiary/aromatic N) is 14. The molecule has 518 valence electrons. The van der Waals surface area contributed by atoms with Crippen molar-refractivity contribution in [3.05, 3.63) is 207 Å². The standard InChI is InChI=1S/C19H19N7O.C12H10N2O.C10H9ClN2O.2C10H8ClNO.C7H9N5.C5H10Si.H2O/c1-27-17-4-2-3-14-15(9-18(20)21-19(14)17)16-11-25(24-22-16)10-12-7-8-26(23-12)13-5-6-13;1-3-8-7-11(13)14-12-9(8)5-4-6-10(12)15-2;1-14-8-4-2-3-6-7(11)5-9(12)13-10(6)8;2*1-13-9-4-2-3-7-8(11)5-6-12-10(7)9;8-11-9-5-6-3-4-12(10-6)7-1-2-7;1-5-6(2,3)4;/h2-4,7-9,11,13H,5-6,10H2,1H3,(H2,20,21);1,4-7H,2H3,(H2,13,14);2-5H,1H3,(H2,12,13);2*2-6H,1H3;3-4,7H,1-2,5H2;1H,2-4H3;1H2. The number of H-pyrrole nitrogens is 1. The Kier molecular flexibility index (Phi) is 26.4. The van der Waals surface area contributed by atoms with Gasteiger partial charge < -0.3 is 46.4 Å². The first-order valence-corrected chi connectivity index (χ1v) is 35.9. The van der Waals surface area contributed by atoms with Gasteiger partial charge in [0.05, 0.1) is 98.8 Å². The Morgan fingerprint density at radius 2 is 1.06 bits per heavy atom. The van der Waals surface area contributed by atoms with Crippen LogP contribution in [0.4, 0.5) is 17.5 Å². The van der Waals surface area contributed by atoms with Gasteiger partial charge in [-0.3, -0.25) is 14.3 Å². The maximum Gasteiger partial charge on any atom is 0.254 e. The lowest BCUT2D eigenvalue weighted by Gasteiger charge is -2.08. The molecule has 28 heteroatoms. The van der Waals surface area contributed by atoms with E-state index >= 15 is 0 Å². The summed E-state index contributed by atoms with van der Waals surface area (Å²) in [6.07, 6.45) is 24.8. The number of anilines is 3. The van der Waals surface area contributed by atoms with Crippen LogP contribution in [0.1, 0.15) is 54.7 Å². The first-order chi connectivity index (χ1) is 48.3. The molecule has 8 heterocycles. The van der Waals surface area contributed by atoms with Gasteiger partial charge in [-0.1, -0.05) is 125 Å². The molecule has 0 spiro atoms. The number of pyridine rings is 5. The summed E-state index contributed by atoms with van der Waals surface area (Å²) in [6.45, 7) is 7.37. The molecule has 0 amide bonds. The molecule has 0 bridgehead atoms. The molecule has 2 aliphatic rings. The van der Waals surface area contributed by atoms with Crippen LogP contribution in [0.2, 0.25) is 34.7 Å². The van der Waals surface area contributed by atoms with Crippen molar-refractivity contribution in [3.8, 4) is 64.3 Å². The van der Waals surface area contributed by atoms with Crippen molar-refractivity contribution in [2.75, 3.05) is 52.7 Å². The van der Waals surface area contributed by atoms with Gasteiger partial charge in [-0.15, -0.1) is 23.5 Å². The molecule has 24 nitrogen and oxygen atoms in total. The first kappa shape index (κ1) is 75.4. The second kappa shape index (κ2) is 35.4. The summed E-state index contributed by atoms with van der Waals surface area (Å²) in [5.41, 5.74) is 36.1. The van der Waals surface area contributed by atoms with Crippen molar-refractivity contribution in [2.24, 2.45) is 5.11 Å². The van der Waals surface area contributed by atoms with E-state index in [-0.39, 0.29) is 5.48 Å². The Bertz CT molecular complexity index is 5050. The summed E-state index contributed by atoms with van der Waals surface area (Å²) in [5, 5.41) is 27.5. The molecule has 0 aliphatic heterocycles. The monoisotopic (exact) mass is 1430 g/mol. The quantitative estimate of drug-likeness (QED) is 0.0336. The summed E-state index contributed by atoms with van der Waals surface area (Å²) >= 11 is 18.0. The van der Waals surface area contributed by atoms with Gasteiger partial charge in [-0.05, 0) is 104 Å². The summed E-state index contributed by atoms with van der Waals surface area (Å²) in [4.78, 5) is 22.8. The van der Waals surface area contributed by atoms with Crippen molar-refractivity contribution in [1.29, 1.82) is 0 Å². The van der Waals surface area contributed by atoms with Crippen LogP contribution in [0.5, 0.6) is 28.7 Å². The molecule has 2 aliphatic carbocycles. The van der Waals surface area contributed by atoms with E-state index in [0.29, 0.717) is 86.5 Å². The number of fused-ring (bicyclic) bond motifs is 5. The van der Waals surface area contributed by atoms with Crippen LogP contribution in [0, 0.1) is 24.3 Å². The second-order valence-electron chi connectivity index (χ2n) is 23.4. The number of para-hydroxylation sites is 5. The lowest BCUT2D eigenvalue weighted by Crippen LogP contribution is -2.15. The number of benzene rings is 5. The SMILES string of the molecule is C#C[Si](C)(C)C.C#Cc1cc(N)nc2c(OC)cccc12.COc1cccc2c(-c3cn(Cc4ccn(C5CC5)n4)nn3)cc(N)nc12.COc1cccc2c(Cl)cc(N)nc12.COc1cccc2c(Cl)cc[nH+]c12.COc1cccc2c(Cl)ccnc12.[N-]=[N+]=NCc1ccn(C2CC2)n1.[OH-]. The minimum Gasteiger partial charge on any atom is -0.870 e. The molecule has 2 saturated carbocycles. The van der Waals surface area contributed by atoms with Gasteiger partial charge in [-0.2, -0.15) is 10.2 Å². The Hall–Kier alpha value is -11.4. The van der Waals surface area contributed by atoms with Gasteiger partial charge in [-0.25, -0.2) is 24.6 Å². The third-order valence-corrected chi connectivity index (χ3v) is 17.0. The lowest BCUT2D eigenvalue weighted by molar-refractivity contribution is -0.345. The van der Waals surface area contributed by atoms with E-state index in [4.69, 9.17) is 94.1 Å². The van der Waals surface area contributed by atoms with E-state index in [0.717, 1.165) is 82.7 Å². The van der Waals surface area contributed by atoms with E-state index in [1.807, 2.05) is 143 Å². The summed E-state index contributed by atoms with van der Waals surface area (Å²) in [6, 6.07) is 42.2. The molecule has 101 heavy (non-hydrogen) atoms. The van der Waals surface area contributed by atoms with Gasteiger partial charge in [0.1, 0.15) is 76.3 Å². The zero-order valence-electron chi connectivity index (χ0n) is 56.8. The van der Waals surface area contributed by atoms with E-state index < -0.39 is 8.07 Å². The van der Waals surface area contributed by atoms with Crippen LogP contribution in [0.15, 0.2) is 170 Å². The van der Waals surface area contributed by atoms with Gasteiger partial charge >= 0.3 is 0 Å². The van der Waals surface area contributed by atoms with Crippen LogP contribution in [0.25, 0.3) is 76.2 Å². The second-order valence-corrected chi connectivity index (χ2v) is 29.4. The lowest BCUT2D eigenvalue weighted by atomic mass is 10.1. The van der Waals surface area contributed by atoms with Crippen molar-refractivity contribution in [1.82, 2.24) is 54.5 Å². The average molecular weight is 1430 g/mol. The highest BCUT2D eigenvalue weighted by Crippen LogP contribution is 2.37. The van der Waals surface area contributed by atoms with Crippen LogP contribution >= 0.6 is 34.8 Å². The highest BCUT2D eigenvalue weighted by atomic mass is 35.5. The summed E-state index contributed by atoms with van der Waals surface area (Å²) in [5.74, 6) is 7.39. The number of aromatic amines is 1. The van der Waals surface area contributed by atoms with Gasteiger partial charge in [0, 0.05) is 62.2 Å². The third-order valence-electron chi connectivity index (χ3n) is 15.1. The molecule has 15 rings (SSSR count). The molecule has 0 atom stereocenters. The maximum absolute atomic E-state index is 8.08. The number of halogens is 3. The van der Waals surface area contributed by atoms with E-state index in [1.54, 1.807) is 70.8 Å². The van der Waals surface area contributed by atoms with E-state index in [9.17, 15) is 0 Å². The van der Waals surface area contributed by atoms with Crippen LogP contribution in [-0.2, 0) is 13.1 Å². The van der Waals surface area contributed by atoms with Gasteiger partial charge in [0.15, 0.2) is 11.9 Å². The summed E-state index contributed by atoms with van der Waals surface area (Å²) < 4.78 is 31.9. The molecule has 8 aromatic heterocycles. The average Bonchev–Trinajstić information content (AvgIpc) is 1.77. The summed E-state index contributed by atoms with van der Waals surface area (Å²) in [7, 11) is 6.97. The molecule has 0 unspecified atom stereocenters. The Morgan fingerprint density at radius 1 is 0.594 bits per heavy atom. The smallest absolute Gasteiger partial charge is 0.254 e. The van der Waals surface area contributed by atoms with Crippen LogP contribution in [-0.4, -0.2) is 104 Å². The number of azide groups is 1. The predicted molar refractivity (Wildman–Crippen MR) is 403 cm³/mol.